The Morgan fingerprint density at radius 3 is 3.00 bits per heavy atom. The molecule has 0 unspecified atom stereocenters. The molecule has 0 aliphatic carbocycles. The highest BCUT2D eigenvalue weighted by molar-refractivity contribution is 5.80. The zero-order chi connectivity index (χ0) is 7.68. The molecule has 58 valence electrons. The molecule has 0 radical (unpaired) electrons. The Balaban J connectivity index is 2.41. The van der Waals surface area contributed by atoms with Crippen molar-refractivity contribution in [3.05, 3.63) is 24.0 Å². The molecule has 2 heterocycles. The first-order chi connectivity index (χ1) is 5.38. The minimum atomic E-state index is 0.252. The van der Waals surface area contributed by atoms with E-state index in [1.807, 2.05) is 18.3 Å². The summed E-state index contributed by atoms with van der Waals surface area (Å²) < 4.78 is 1.78. The van der Waals surface area contributed by atoms with Crippen LogP contribution in [0, 0.1) is 0 Å². The van der Waals surface area contributed by atoms with Crippen LogP contribution in [0.25, 0.3) is 0 Å². The van der Waals surface area contributed by atoms with E-state index in [1.54, 1.807) is 4.57 Å². The molecule has 0 fully saturated rings. The number of carbonyl (C=O) groups is 1. The van der Waals surface area contributed by atoms with E-state index in [0.29, 0.717) is 6.42 Å². The van der Waals surface area contributed by atoms with Crippen LogP contribution in [-0.2, 0) is 6.42 Å². The van der Waals surface area contributed by atoms with Crippen molar-refractivity contribution in [2.45, 2.75) is 25.7 Å². The number of hydrogen-bond acceptors (Lipinski definition) is 1. The number of aryl methyl sites for hydroxylation is 1. The predicted molar refractivity (Wildman–Crippen MR) is 42.6 cm³/mol. The quantitative estimate of drug-likeness (QED) is 0.551. The van der Waals surface area contributed by atoms with Gasteiger partial charge in [0, 0.05) is 18.3 Å². The summed E-state index contributed by atoms with van der Waals surface area (Å²) in [6.07, 6.45) is 5.82. The third kappa shape index (κ3) is 1.09. The molecule has 0 atom stereocenters. The molecule has 11 heavy (non-hydrogen) atoms. The van der Waals surface area contributed by atoms with Crippen LogP contribution in [0.3, 0.4) is 0 Å². The van der Waals surface area contributed by atoms with Crippen molar-refractivity contribution in [2.75, 3.05) is 0 Å². The lowest BCUT2D eigenvalue weighted by Crippen LogP contribution is -2.08. The van der Waals surface area contributed by atoms with Crippen molar-refractivity contribution in [3.63, 3.8) is 0 Å². The molecule has 0 N–H and O–H groups in total. The Labute approximate surface area is 65.8 Å². The summed E-state index contributed by atoms with van der Waals surface area (Å²) >= 11 is 0. The molecule has 1 aliphatic rings. The van der Waals surface area contributed by atoms with Gasteiger partial charge >= 0.3 is 0 Å². The molecular weight excluding hydrogens is 138 g/mol. The number of fused-ring (bicyclic) bond motifs is 1. The zero-order valence-corrected chi connectivity index (χ0v) is 6.42. The Hall–Kier alpha value is -1.05. The average molecular weight is 149 g/mol. The fourth-order valence-corrected chi connectivity index (χ4v) is 1.57. The Kier molecular flexibility index (Phi) is 1.53. The van der Waals surface area contributed by atoms with E-state index in [9.17, 15) is 4.79 Å². The maximum Gasteiger partial charge on any atom is 0.230 e. The minimum Gasteiger partial charge on any atom is -0.292 e. The van der Waals surface area contributed by atoms with Crippen molar-refractivity contribution in [1.82, 2.24) is 4.57 Å². The van der Waals surface area contributed by atoms with Crippen molar-refractivity contribution in [3.8, 4) is 0 Å². The molecule has 2 nitrogen and oxygen atoms in total. The third-order valence-electron chi connectivity index (χ3n) is 2.18. The van der Waals surface area contributed by atoms with Crippen LogP contribution in [0.4, 0.5) is 0 Å². The first kappa shape index (κ1) is 6.65. The lowest BCUT2D eigenvalue weighted by atomic mass is 10.2. The highest BCUT2D eigenvalue weighted by Crippen LogP contribution is 2.14. The lowest BCUT2D eigenvalue weighted by Gasteiger charge is -1.99. The second kappa shape index (κ2) is 2.53. The highest BCUT2D eigenvalue weighted by Gasteiger charge is 2.12. The van der Waals surface area contributed by atoms with Gasteiger partial charge in [-0.3, -0.25) is 9.36 Å². The largest absolute Gasteiger partial charge is 0.292 e. The van der Waals surface area contributed by atoms with Gasteiger partial charge in [-0.2, -0.15) is 0 Å². The number of nitrogens with zero attached hydrogens (tertiary/aromatic N) is 1. The van der Waals surface area contributed by atoms with Crippen molar-refractivity contribution >= 4 is 5.91 Å². The summed E-state index contributed by atoms with van der Waals surface area (Å²) in [5, 5.41) is 0. The van der Waals surface area contributed by atoms with Gasteiger partial charge in [-0.15, -0.1) is 0 Å². The number of aromatic nitrogens is 1. The van der Waals surface area contributed by atoms with Gasteiger partial charge in [-0.05, 0) is 31.4 Å². The maximum atomic E-state index is 11.3. The molecule has 2 rings (SSSR count). The molecule has 0 saturated carbocycles. The normalized spacial score (nSPS) is 17.6. The van der Waals surface area contributed by atoms with Gasteiger partial charge in [0.05, 0.1) is 0 Å². The molecule has 0 amide bonds. The standard InChI is InChI=1S/C9H11NO/c11-9-6-2-1-4-8-5-3-7-10(8)9/h3,5,7H,1-2,4,6H2. The van der Waals surface area contributed by atoms with Gasteiger partial charge < -0.3 is 0 Å². The van der Waals surface area contributed by atoms with Gasteiger partial charge in [-0.25, -0.2) is 0 Å². The zero-order valence-electron chi connectivity index (χ0n) is 6.42. The first-order valence-electron chi connectivity index (χ1n) is 4.07. The summed E-state index contributed by atoms with van der Waals surface area (Å²) in [6, 6.07) is 3.97. The van der Waals surface area contributed by atoms with E-state index >= 15 is 0 Å². The highest BCUT2D eigenvalue weighted by atomic mass is 16.2. The van der Waals surface area contributed by atoms with E-state index in [1.165, 1.54) is 5.69 Å². The molecule has 1 aromatic rings. The molecule has 0 aromatic carbocycles. The number of hydrogen-bond donors (Lipinski definition) is 0. The molecule has 0 spiro atoms. The van der Waals surface area contributed by atoms with Gasteiger partial charge in [0.2, 0.25) is 5.91 Å². The number of carbonyl (C=O) groups excluding carboxylic acids is 1. The molecule has 1 aliphatic heterocycles. The maximum absolute atomic E-state index is 11.3. The predicted octanol–water partition coefficient (Wildman–Crippen LogP) is 1.85. The van der Waals surface area contributed by atoms with E-state index in [-0.39, 0.29) is 5.91 Å². The topological polar surface area (TPSA) is 22.0 Å². The van der Waals surface area contributed by atoms with Crippen molar-refractivity contribution < 1.29 is 4.79 Å². The van der Waals surface area contributed by atoms with Crippen LogP contribution in [0.1, 0.15) is 29.8 Å². The average Bonchev–Trinajstić information content (AvgIpc) is 2.40. The first-order valence-corrected chi connectivity index (χ1v) is 4.07. The van der Waals surface area contributed by atoms with Crippen LogP contribution in [0.2, 0.25) is 0 Å². The van der Waals surface area contributed by atoms with Crippen LogP contribution < -0.4 is 0 Å². The van der Waals surface area contributed by atoms with E-state index in [0.717, 1.165) is 19.3 Å². The van der Waals surface area contributed by atoms with Crippen molar-refractivity contribution in [1.29, 1.82) is 0 Å². The minimum absolute atomic E-state index is 0.252. The summed E-state index contributed by atoms with van der Waals surface area (Å²) in [5.74, 6) is 0.252. The van der Waals surface area contributed by atoms with E-state index in [4.69, 9.17) is 0 Å². The molecule has 0 saturated heterocycles. The summed E-state index contributed by atoms with van der Waals surface area (Å²) in [7, 11) is 0. The SMILES string of the molecule is O=C1CCCCc2cccn21. The van der Waals surface area contributed by atoms with E-state index in [2.05, 4.69) is 0 Å². The van der Waals surface area contributed by atoms with Crippen LogP contribution >= 0.6 is 0 Å². The second-order valence-corrected chi connectivity index (χ2v) is 2.97. The van der Waals surface area contributed by atoms with Crippen LogP contribution in [-0.4, -0.2) is 10.5 Å². The Morgan fingerprint density at radius 2 is 2.09 bits per heavy atom. The van der Waals surface area contributed by atoms with Gasteiger partial charge in [-0.1, -0.05) is 0 Å². The number of rotatable bonds is 0. The van der Waals surface area contributed by atoms with E-state index < -0.39 is 0 Å². The monoisotopic (exact) mass is 149 g/mol. The van der Waals surface area contributed by atoms with Crippen LogP contribution in [0.5, 0.6) is 0 Å². The summed E-state index contributed by atoms with van der Waals surface area (Å²) in [4.78, 5) is 11.3. The fourth-order valence-electron chi connectivity index (χ4n) is 1.57. The van der Waals surface area contributed by atoms with Crippen LogP contribution in [0.15, 0.2) is 18.3 Å². The second-order valence-electron chi connectivity index (χ2n) is 2.97. The molecule has 0 bridgehead atoms. The summed E-state index contributed by atoms with van der Waals surface area (Å²) in [6.45, 7) is 0. The smallest absolute Gasteiger partial charge is 0.230 e. The van der Waals surface area contributed by atoms with Gasteiger partial charge in [0.25, 0.3) is 0 Å². The fraction of sp³-hybridized carbons (Fsp3) is 0.444. The molecule has 1 aromatic heterocycles. The third-order valence-corrected chi connectivity index (χ3v) is 2.18. The molecule has 2 heteroatoms. The Bertz CT molecular complexity index is 275. The van der Waals surface area contributed by atoms with Gasteiger partial charge in [0.1, 0.15) is 0 Å². The summed E-state index contributed by atoms with van der Waals surface area (Å²) in [5.41, 5.74) is 1.17. The Morgan fingerprint density at radius 1 is 1.27 bits per heavy atom. The molecular formula is C9H11NO. The van der Waals surface area contributed by atoms with Crippen molar-refractivity contribution in [2.24, 2.45) is 0 Å². The lowest BCUT2D eigenvalue weighted by molar-refractivity contribution is 0.0903. The van der Waals surface area contributed by atoms with Gasteiger partial charge in [0.15, 0.2) is 0 Å².